The molecule has 4 rings (SSSR count). The summed E-state index contributed by atoms with van der Waals surface area (Å²) in [5.41, 5.74) is 3.46. The highest BCUT2D eigenvalue weighted by molar-refractivity contribution is 5.65. The largest absolute Gasteiger partial charge is 0.494 e. The molecule has 34 heavy (non-hydrogen) atoms. The molecule has 2 aromatic heterocycles. The molecule has 0 amide bonds. The topological polar surface area (TPSA) is 92.4 Å². The van der Waals surface area contributed by atoms with E-state index in [9.17, 15) is 4.79 Å². The molecule has 9 heteroatoms. The van der Waals surface area contributed by atoms with Gasteiger partial charge in [0, 0.05) is 31.1 Å². The molecule has 0 spiro atoms. The van der Waals surface area contributed by atoms with E-state index in [4.69, 9.17) is 14.2 Å². The second kappa shape index (κ2) is 10.7. The van der Waals surface area contributed by atoms with Crippen LogP contribution in [0.4, 0.5) is 11.4 Å². The Morgan fingerprint density at radius 1 is 1.03 bits per heavy atom. The standard InChI is InChI=1S/C25H27N5O4/c1-18-15-29(17-26-18)22-10-9-20(13-23(22)33-3)27-21-14-24(34-12-11-32-2)28-30(25(21)31)16-19-7-5-4-6-8-19/h4-10,13-15,17,27H,11-12,16H2,1-3H3. The van der Waals surface area contributed by atoms with Crippen molar-refractivity contribution in [1.82, 2.24) is 19.3 Å². The number of methoxy groups -OCH3 is 2. The SMILES string of the molecule is COCCOc1cc(Nc2ccc(-n3cnc(C)c3)c(OC)c2)c(=O)n(Cc2ccccc2)n1. The first-order valence-corrected chi connectivity index (χ1v) is 10.8. The number of hydrogen-bond donors (Lipinski definition) is 1. The molecule has 0 aliphatic rings. The van der Waals surface area contributed by atoms with Crippen LogP contribution in [0.25, 0.3) is 5.69 Å². The van der Waals surface area contributed by atoms with Gasteiger partial charge in [-0.3, -0.25) is 4.79 Å². The van der Waals surface area contributed by atoms with E-state index in [0.717, 1.165) is 16.9 Å². The van der Waals surface area contributed by atoms with Gasteiger partial charge in [-0.1, -0.05) is 30.3 Å². The van der Waals surface area contributed by atoms with Gasteiger partial charge in [-0.15, -0.1) is 5.10 Å². The number of anilines is 2. The lowest BCUT2D eigenvalue weighted by molar-refractivity contribution is 0.142. The summed E-state index contributed by atoms with van der Waals surface area (Å²) in [5.74, 6) is 0.963. The highest BCUT2D eigenvalue weighted by atomic mass is 16.5. The predicted octanol–water partition coefficient (Wildman–Crippen LogP) is 3.56. The maximum absolute atomic E-state index is 13.2. The number of hydrogen-bond acceptors (Lipinski definition) is 7. The molecule has 0 fully saturated rings. The van der Waals surface area contributed by atoms with Crippen molar-refractivity contribution < 1.29 is 14.2 Å². The van der Waals surface area contributed by atoms with E-state index in [1.807, 2.05) is 66.2 Å². The molecular formula is C25H27N5O4. The maximum Gasteiger partial charge on any atom is 0.291 e. The summed E-state index contributed by atoms with van der Waals surface area (Å²) < 4.78 is 19.6. The Morgan fingerprint density at radius 3 is 2.56 bits per heavy atom. The van der Waals surface area contributed by atoms with Crippen molar-refractivity contribution in [2.24, 2.45) is 0 Å². The minimum absolute atomic E-state index is 0.267. The third-order valence-electron chi connectivity index (χ3n) is 5.11. The van der Waals surface area contributed by atoms with E-state index in [-0.39, 0.29) is 5.56 Å². The fourth-order valence-corrected chi connectivity index (χ4v) is 3.45. The van der Waals surface area contributed by atoms with Crippen LogP contribution in [-0.2, 0) is 11.3 Å². The Kier molecular flexibility index (Phi) is 7.24. The molecule has 0 aliphatic heterocycles. The lowest BCUT2D eigenvalue weighted by atomic mass is 10.2. The minimum Gasteiger partial charge on any atom is -0.494 e. The van der Waals surface area contributed by atoms with Gasteiger partial charge in [0.15, 0.2) is 0 Å². The van der Waals surface area contributed by atoms with Crippen LogP contribution in [0.5, 0.6) is 11.6 Å². The quantitative estimate of drug-likeness (QED) is 0.361. The number of benzene rings is 2. The summed E-state index contributed by atoms with van der Waals surface area (Å²) in [6.07, 6.45) is 3.65. The zero-order chi connectivity index (χ0) is 23.9. The van der Waals surface area contributed by atoms with Crippen LogP contribution in [-0.4, -0.2) is 46.8 Å². The number of aromatic nitrogens is 4. The number of rotatable bonds is 10. The highest BCUT2D eigenvalue weighted by Gasteiger charge is 2.13. The summed E-state index contributed by atoms with van der Waals surface area (Å²) in [6.45, 7) is 2.97. The third-order valence-corrected chi connectivity index (χ3v) is 5.11. The molecule has 0 saturated heterocycles. The predicted molar refractivity (Wildman–Crippen MR) is 130 cm³/mol. The first-order chi connectivity index (χ1) is 16.6. The number of imidazole rings is 1. The van der Waals surface area contributed by atoms with Crippen LogP contribution in [0.15, 0.2) is 71.9 Å². The molecule has 0 unspecified atom stereocenters. The molecule has 0 radical (unpaired) electrons. The van der Waals surface area contributed by atoms with Gasteiger partial charge in [0.25, 0.3) is 5.56 Å². The van der Waals surface area contributed by atoms with Crippen LogP contribution in [0, 0.1) is 6.92 Å². The Morgan fingerprint density at radius 2 is 1.85 bits per heavy atom. The molecule has 0 bridgehead atoms. The van der Waals surface area contributed by atoms with Crippen LogP contribution in [0.3, 0.4) is 0 Å². The van der Waals surface area contributed by atoms with Gasteiger partial charge in [-0.05, 0) is 24.6 Å². The van der Waals surface area contributed by atoms with Crippen LogP contribution in [0.2, 0.25) is 0 Å². The number of ether oxygens (including phenoxy) is 3. The van der Waals surface area contributed by atoms with Gasteiger partial charge in [0.05, 0.1) is 38.0 Å². The average molecular weight is 462 g/mol. The van der Waals surface area contributed by atoms with Gasteiger partial charge in [-0.2, -0.15) is 0 Å². The third kappa shape index (κ3) is 5.44. The van der Waals surface area contributed by atoms with E-state index >= 15 is 0 Å². The van der Waals surface area contributed by atoms with E-state index in [1.165, 1.54) is 4.68 Å². The first kappa shape index (κ1) is 23.1. The fraction of sp³-hybridized carbons (Fsp3) is 0.240. The molecule has 9 nitrogen and oxygen atoms in total. The summed E-state index contributed by atoms with van der Waals surface area (Å²) in [4.78, 5) is 17.5. The van der Waals surface area contributed by atoms with Crippen molar-refractivity contribution in [2.75, 3.05) is 32.8 Å². The van der Waals surface area contributed by atoms with Crippen LogP contribution >= 0.6 is 0 Å². The van der Waals surface area contributed by atoms with Crippen molar-refractivity contribution >= 4 is 11.4 Å². The van der Waals surface area contributed by atoms with E-state index in [2.05, 4.69) is 15.4 Å². The molecular weight excluding hydrogens is 434 g/mol. The fourth-order valence-electron chi connectivity index (χ4n) is 3.45. The maximum atomic E-state index is 13.2. The smallest absolute Gasteiger partial charge is 0.291 e. The average Bonchev–Trinajstić information content (AvgIpc) is 3.28. The lowest BCUT2D eigenvalue weighted by Gasteiger charge is -2.15. The zero-order valence-corrected chi connectivity index (χ0v) is 19.4. The lowest BCUT2D eigenvalue weighted by Crippen LogP contribution is -2.26. The van der Waals surface area contributed by atoms with Gasteiger partial charge >= 0.3 is 0 Å². The van der Waals surface area contributed by atoms with Gasteiger partial charge in [0.1, 0.15) is 18.0 Å². The molecule has 0 atom stereocenters. The van der Waals surface area contributed by atoms with Gasteiger partial charge < -0.3 is 24.1 Å². The second-order valence-corrected chi connectivity index (χ2v) is 7.62. The highest BCUT2D eigenvalue weighted by Crippen LogP contribution is 2.28. The zero-order valence-electron chi connectivity index (χ0n) is 19.4. The molecule has 0 aliphatic carbocycles. The summed E-state index contributed by atoms with van der Waals surface area (Å²) in [7, 11) is 3.20. The van der Waals surface area contributed by atoms with E-state index < -0.39 is 0 Å². The monoisotopic (exact) mass is 461 g/mol. The summed E-state index contributed by atoms with van der Waals surface area (Å²) in [6, 6.07) is 16.9. The first-order valence-electron chi connectivity index (χ1n) is 10.8. The normalized spacial score (nSPS) is 10.8. The molecule has 2 heterocycles. The van der Waals surface area contributed by atoms with Crippen molar-refractivity contribution in [2.45, 2.75) is 13.5 Å². The van der Waals surface area contributed by atoms with Gasteiger partial charge in [0.2, 0.25) is 5.88 Å². The van der Waals surface area contributed by atoms with Crippen LogP contribution in [0.1, 0.15) is 11.3 Å². The van der Waals surface area contributed by atoms with Crippen molar-refractivity contribution in [3.63, 3.8) is 0 Å². The minimum atomic E-state index is -0.267. The molecule has 4 aromatic rings. The van der Waals surface area contributed by atoms with Crippen molar-refractivity contribution in [3.05, 3.63) is 88.7 Å². The van der Waals surface area contributed by atoms with Crippen molar-refractivity contribution in [1.29, 1.82) is 0 Å². The summed E-state index contributed by atoms with van der Waals surface area (Å²) >= 11 is 0. The molecule has 0 saturated carbocycles. The molecule has 176 valence electrons. The number of aryl methyl sites for hydroxylation is 1. The van der Waals surface area contributed by atoms with E-state index in [0.29, 0.717) is 42.8 Å². The Labute approximate surface area is 197 Å². The molecule has 1 N–H and O–H groups in total. The van der Waals surface area contributed by atoms with Crippen molar-refractivity contribution in [3.8, 4) is 17.3 Å². The number of nitrogens with one attached hydrogen (secondary N) is 1. The summed E-state index contributed by atoms with van der Waals surface area (Å²) in [5, 5.41) is 7.58. The van der Waals surface area contributed by atoms with E-state index in [1.54, 1.807) is 26.6 Å². The Bertz CT molecular complexity index is 1300. The number of nitrogens with zero attached hydrogens (tertiary/aromatic N) is 4. The molecule has 2 aromatic carbocycles. The van der Waals surface area contributed by atoms with Crippen LogP contribution < -0.4 is 20.3 Å². The Hall–Kier alpha value is -4.11. The second-order valence-electron chi connectivity index (χ2n) is 7.62. The van der Waals surface area contributed by atoms with Gasteiger partial charge in [-0.25, -0.2) is 9.67 Å². The Balaban J connectivity index is 1.66.